The summed E-state index contributed by atoms with van der Waals surface area (Å²) < 4.78 is 40.7. The summed E-state index contributed by atoms with van der Waals surface area (Å²) in [6.45, 7) is -1.29. The minimum Gasteiger partial charge on any atom is -0.459 e. The van der Waals surface area contributed by atoms with Gasteiger partial charge in [-0.25, -0.2) is 24.0 Å². The molecule has 5 aromatic rings. The van der Waals surface area contributed by atoms with E-state index in [-0.39, 0.29) is 29.9 Å². The van der Waals surface area contributed by atoms with Crippen LogP contribution in [0.4, 0.5) is 4.79 Å². The van der Waals surface area contributed by atoms with Gasteiger partial charge in [0.25, 0.3) is 0 Å². The smallest absolute Gasteiger partial charge is 0.408 e. The van der Waals surface area contributed by atoms with Crippen molar-refractivity contribution in [3.63, 3.8) is 0 Å². The highest BCUT2D eigenvalue weighted by Crippen LogP contribution is 2.28. The Morgan fingerprint density at radius 3 is 1.51 bits per heavy atom. The van der Waals surface area contributed by atoms with Gasteiger partial charge in [-0.05, 0) is 47.5 Å². The molecule has 304 valence electrons. The zero-order valence-corrected chi connectivity index (χ0v) is 31.7. The summed E-state index contributed by atoms with van der Waals surface area (Å²) in [4.78, 5) is 66.7. The molecule has 1 aliphatic heterocycles. The summed E-state index contributed by atoms with van der Waals surface area (Å²) in [6, 6.07) is 39.3. The van der Waals surface area contributed by atoms with Crippen LogP contribution in [0, 0.1) is 0 Å². The maximum atomic E-state index is 13.5. The van der Waals surface area contributed by atoms with Gasteiger partial charge >= 0.3 is 30.0 Å². The van der Waals surface area contributed by atoms with E-state index >= 15 is 0 Å². The minimum atomic E-state index is -1.50. The number of benzene rings is 5. The number of rotatable bonds is 16. The van der Waals surface area contributed by atoms with Crippen LogP contribution in [0.5, 0.6) is 0 Å². The molecule has 3 N–H and O–H groups in total. The predicted molar refractivity (Wildman–Crippen MR) is 210 cm³/mol. The van der Waals surface area contributed by atoms with Gasteiger partial charge in [0, 0.05) is 0 Å². The van der Waals surface area contributed by atoms with Gasteiger partial charge in [-0.1, -0.05) is 115 Å². The number of alkyl carbamates (subject to hydrolysis) is 1. The highest BCUT2D eigenvalue weighted by molar-refractivity contribution is 5.91. The fourth-order valence-corrected chi connectivity index (χ4v) is 5.94. The number of hydrogen-bond donors (Lipinski definition) is 2. The van der Waals surface area contributed by atoms with Crippen LogP contribution in [0.3, 0.4) is 0 Å². The molecule has 0 aliphatic carbocycles. The zero-order chi connectivity index (χ0) is 41.4. The van der Waals surface area contributed by atoms with E-state index in [4.69, 9.17) is 38.9 Å². The molecule has 0 radical (unpaired) electrons. The molecule has 0 bridgehead atoms. The lowest BCUT2D eigenvalue weighted by Crippen LogP contribution is -2.65. The van der Waals surface area contributed by atoms with Crippen LogP contribution < -0.4 is 11.1 Å². The van der Waals surface area contributed by atoms with E-state index in [9.17, 15) is 24.0 Å². The molecule has 1 amide bonds. The fourth-order valence-electron chi connectivity index (χ4n) is 5.94. The molecule has 1 heterocycles. The van der Waals surface area contributed by atoms with Gasteiger partial charge in [0.15, 0.2) is 24.5 Å². The van der Waals surface area contributed by atoms with Gasteiger partial charge < -0.3 is 44.2 Å². The highest BCUT2D eigenvalue weighted by atomic mass is 16.7. The molecular formula is C45H42N2O12. The second-order valence-corrected chi connectivity index (χ2v) is 13.2. The van der Waals surface area contributed by atoms with Gasteiger partial charge in [-0.15, -0.1) is 0 Å². The fraction of sp³-hybridized carbons (Fsp3) is 0.222. The number of nitrogens with two attached hydrogens (primary N) is 1. The van der Waals surface area contributed by atoms with E-state index in [0.29, 0.717) is 11.1 Å². The molecule has 1 aliphatic rings. The largest absolute Gasteiger partial charge is 0.459 e. The van der Waals surface area contributed by atoms with E-state index in [2.05, 4.69) is 5.32 Å². The van der Waals surface area contributed by atoms with Gasteiger partial charge in [0.2, 0.25) is 0 Å². The third-order valence-corrected chi connectivity index (χ3v) is 9.03. The lowest BCUT2D eigenvalue weighted by atomic mass is 9.96. The van der Waals surface area contributed by atoms with Gasteiger partial charge in [0.1, 0.15) is 25.9 Å². The first-order valence-corrected chi connectivity index (χ1v) is 18.7. The highest BCUT2D eigenvalue weighted by Gasteiger charge is 2.50. The summed E-state index contributed by atoms with van der Waals surface area (Å²) in [7, 11) is 0. The zero-order valence-electron chi connectivity index (χ0n) is 31.7. The predicted octanol–water partition coefficient (Wildman–Crippen LogP) is 5.40. The number of nitrogens with one attached hydrogen (secondary N) is 1. The summed E-state index contributed by atoms with van der Waals surface area (Å²) in [5.74, 6) is -3.19. The van der Waals surface area contributed by atoms with Crippen LogP contribution in [0.1, 0.15) is 42.2 Å². The molecule has 1 saturated heterocycles. The van der Waals surface area contributed by atoms with E-state index in [1.54, 1.807) is 115 Å². The molecule has 14 heteroatoms. The Morgan fingerprint density at radius 1 is 0.559 bits per heavy atom. The van der Waals surface area contributed by atoms with Crippen LogP contribution in [-0.2, 0) is 51.2 Å². The molecular weight excluding hydrogens is 760 g/mol. The Morgan fingerprint density at radius 2 is 1.00 bits per heavy atom. The second-order valence-electron chi connectivity index (χ2n) is 13.2. The van der Waals surface area contributed by atoms with Crippen molar-refractivity contribution < 1.29 is 57.1 Å². The first-order valence-electron chi connectivity index (χ1n) is 18.7. The monoisotopic (exact) mass is 802 g/mol. The molecule has 6 atom stereocenters. The third kappa shape index (κ3) is 12.1. The molecule has 0 saturated carbocycles. The molecule has 6 rings (SSSR count). The summed E-state index contributed by atoms with van der Waals surface area (Å²) in [5, 5.41) is 2.48. The molecule has 14 nitrogen and oxygen atoms in total. The summed E-state index contributed by atoms with van der Waals surface area (Å²) in [6.07, 6.45) is -6.67. The number of amides is 1. The molecule has 59 heavy (non-hydrogen) atoms. The van der Waals surface area contributed by atoms with Gasteiger partial charge in [-0.3, -0.25) is 0 Å². The van der Waals surface area contributed by atoms with E-state index < -0.39 is 79.9 Å². The maximum Gasteiger partial charge on any atom is 0.408 e. The van der Waals surface area contributed by atoms with Gasteiger partial charge in [0.05, 0.1) is 29.3 Å². The van der Waals surface area contributed by atoms with Crippen LogP contribution in [0.2, 0.25) is 0 Å². The van der Waals surface area contributed by atoms with Crippen LogP contribution in [0.25, 0.3) is 0 Å². The van der Waals surface area contributed by atoms with Crippen molar-refractivity contribution in [2.45, 2.75) is 49.9 Å². The van der Waals surface area contributed by atoms with Crippen molar-refractivity contribution in [1.29, 1.82) is 0 Å². The van der Waals surface area contributed by atoms with E-state index in [1.165, 1.54) is 24.3 Å². The van der Waals surface area contributed by atoms with Crippen molar-refractivity contribution >= 4 is 30.0 Å². The Balaban J connectivity index is 1.25. The first kappa shape index (κ1) is 41.8. The van der Waals surface area contributed by atoms with Crippen LogP contribution in [-0.4, -0.2) is 79.9 Å². The summed E-state index contributed by atoms with van der Waals surface area (Å²) >= 11 is 0. The number of carbonyl (C=O) groups excluding carboxylic acids is 5. The molecule has 0 spiro atoms. The average Bonchev–Trinajstić information content (AvgIpc) is 3.28. The van der Waals surface area contributed by atoms with Crippen molar-refractivity contribution in [1.82, 2.24) is 5.32 Å². The molecule has 0 unspecified atom stereocenters. The Labute approximate surface area is 340 Å². The quantitative estimate of drug-likeness (QED) is 0.0955. The Kier molecular flexibility index (Phi) is 14.9. The van der Waals surface area contributed by atoms with Gasteiger partial charge in [-0.2, -0.15) is 0 Å². The van der Waals surface area contributed by atoms with Crippen molar-refractivity contribution in [2.75, 3.05) is 13.2 Å². The SMILES string of the molecule is N[C@H]1[C@@H](OC[C@H](NC(=O)OCc2ccccc2)C(=O)OCc2ccccc2)O[C@H](COC(=O)c2ccccc2)[C@H](OC(=O)c2ccccc2)[C@@H]1OC(=O)c1ccccc1. The maximum absolute atomic E-state index is 13.5. The van der Waals surface area contributed by atoms with Crippen LogP contribution in [0.15, 0.2) is 152 Å². The Hall–Kier alpha value is -6.87. The third-order valence-electron chi connectivity index (χ3n) is 9.03. The molecule has 0 aromatic heterocycles. The summed E-state index contributed by atoms with van der Waals surface area (Å²) in [5.41, 5.74) is 8.70. The lowest BCUT2D eigenvalue weighted by Gasteiger charge is -2.43. The van der Waals surface area contributed by atoms with Crippen molar-refractivity contribution in [2.24, 2.45) is 5.73 Å². The molecule has 5 aromatic carbocycles. The average molecular weight is 803 g/mol. The number of ether oxygens (including phenoxy) is 7. The number of hydrogen-bond acceptors (Lipinski definition) is 13. The lowest BCUT2D eigenvalue weighted by molar-refractivity contribution is -0.265. The Bertz CT molecular complexity index is 2130. The standard InChI is InChI=1S/C45H42N2O12/c46-37-39(59-42(50)34-24-14-5-15-25-34)38(58-41(49)33-22-12-4-13-23-33)36(29-54-40(48)32-20-10-3-11-21-32)57-44(37)55-28-35(43(51)53-26-30-16-6-1-7-17-30)47-45(52)56-27-31-18-8-2-9-19-31/h1-25,35-39,44H,26-29,46H2,(H,47,52)/t35-,36+,37+,38-,39+,44-/m0/s1. The minimum absolute atomic E-state index is 0.0865. The van der Waals surface area contributed by atoms with E-state index in [0.717, 1.165) is 0 Å². The topological polar surface area (TPSA) is 188 Å². The first-order chi connectivity index (χ1) is 28.7. The number of esters is 4. The normalized spacial score (nSPS) is 19.0. The van der Waals surface area contributed by atoms with Crippen molar-refractivity contribution in [3.8, 4) is 0 Å². The molecule has 1 fully saturated rings. The van der Waals surface area contributed by atoms with Crippen LogP contribution >= 0.6 is 0 Å². The van der Waals surface area contributed by atoms with Crippen molar-refractivity contribution in [3.05, 3.63) is 179 Å². The second kappa shape index (κ2) is 21.0. The van der Waals surface area contributed by atoms with E-state index in [1.807, 2.05) is 12.1 Å². The number of carbonyl (C=O) groups is 5.